The molecule has 1 saturated heterocycles. The maximum Gasteiger partial charge on any atom is 0.304 e. The summed E-state index contributed by atoms with van der Waals surface area (Å²) in [6, 6.07) is 0. The molecule has 1 fully saturated rings. The Balaban J connectivity index is 3.01. The average Bonchev–Trinajstić information content (AvgIpc) is 2.77. The Bertz CT molecular complexity index is 515. The number of esters is 4. The van der Waals surface area contributed by atoms with E-state index >= 15 is 0 Å². The third-order valence-corrected chi connectivity index (χ3v) is 3.57. The molecule has 1 aliphatic heterocycles. The second-order valence-corrected chi connectivity index (χ2v) is 5.90. The molecule has 0 aromatic carbocycles. The van der Waals surface area contributed by atoms with Crippen molar-refractivity contribution in [1.29, 1.82) is 0 Å². The first-order valence-corrected chi connectivity index (χ1v) is 8.70. The predicted octanol–water partition coefficient (Wildman–Crippen LogP) is -0.334. The van der Waals surface area contributed by atoms with Crippen LogP contribution < -0.4 is 0 Å². The Morgan fingerprint density at radius 2 is 1.00 bits per heavy atom. The van der Waals surface area contributed by atoms with Crippen molar-refractivity contribution >= 4 is 23.9 Å². The molecule has 0 amide bonds. The first kappa shape index (κ1) is 24.8. The van der Waals surface area contributed by atoms with Gasteiger partial charge in [-0.3, -0.25) is 19.2 Å². The highest BCUT2D eigenvalue weighted by atomic mass is 16.7. The van der Waals surface area contributed by atoms with Crippen LogP contribution in [0.5, 0.6) is 0 Å². The summed E-state index contributed by atoms with van der Waals surface area (Å²) < 4.78 is 41.8. The van der Waals surface area contributed by atoms with Crippen molar-refractivity contribution in [2.75, 3.05) is 33.6 Å². The van der Waals surface area contributed by atoms with E-state index in [9.17, 15) is 19.2 Å². The minimum absolute atomic E-state index is 0.211. The van der Waals surface area contributed by atoms with E-state index in [1.54, 1.807) is 0 Å². The maximum atomic E-state index is 11.2. The minimum Gasteiger partial charge on any atom is -0.463 e. The summed E-state index contributed by atoms with van der Waals surface area (Å²) in [5.74, 6) is -2.26. The molecule has 1 heterocycles. The quantitative estimate of drug-likeness (QED) is 0.258. The number of hydrogen-bond acceptors (Lipinski definition) is 12. The summed E-state index contributed by atoms with van der Waals surface area (Å²) >= 11 is 0. The van der Waals surface area contributed by atoms with E-state index in [1.807, 2.05) is 0 Å². The smallest absolute Gasteiger partial charge is 0.304 e. The van der Waals surface area contributed by atoms with Gasteiger partial charge in [0.05, 0.1) is 0 Å². The first-order valence-electron chi connectivity index (χ1n) is 8.70. The Kier molecular flexibility index (Phi) is 11.1. The zero-order chi connectivity index (χ0) is 21.8. The molecular formula is C17H26O12. The van der Waals surface area contributed by atoms with Crippen molar-refractivity contribution < 1.29 is 57.1 Å². The number of ether oxygens (including phenoxy) is 8. The third kappa shape index (κ3) is 10.2. The average molecular weight is 422 g/mol. The van der Waals surface area contributed by atoms with E-state index in [-0.39, 0.29) is 20.0 Å². The van der Waals surface area contributed by atoms with Crippen molar-refractivity contribution in [3.8, 4) is 0 Å². The second-order valence-electron chi connectivity index (χ2n) is 5.90. The molecule has 1 aliphatic rings. The lowest BCUT2D eigenvalue weighted by Crippen LogP contribution is -2.50. The van der Waals surface area contributed by atoms with E-state index in [4.69, 9.17) is 37.9 Å². The molecular weight excluding hydrogens is 396 g/mol. The molecule has 0 N–H and O–H groups in total. The Morgan fingerprint density at radius 1 is 0.655 bits per heavy atom. The third-order valence-electron chi connectivity index (χ3n) is 3.57. The van der Waals surface area contributed by atoms with Crippen LogP contribution in [0.1, 0.15) is 27.7 Å². The molecule has 0 aliphatic carbocycles. The standard InChI is InChI=1S/C17H26O12/c1-10(18)22-5-14-16(28-7-24-12(3)20)17(29-8-25-13(4)21)15(27-9-26-14)6-23-11(2)19/h14-17H,5-9H2,1-4H3/t14-,15+,16-,17-/m1/s1. The van der Waals surface area contributed by atoms with Crippen LogP contribution in [0, 0.1) is 0 Å². The van der Waals surface area contributed by atoms with Crippen LogP contribution in [0.2, 0.25) is 0 Å². The summed E-state index contributed by atoms with van der Waals surface area (Å²) in [4.78, 5) is 44.5. The van der Waals surface area contributed by atoms with Crippen molar-refractivity contribution in [3.05, 3.63) is 0 Å². The summed E-state index contributed by atoms with van der Waals surface area (Å²) in [5.41, 5.74) is 0. The van der Waals surface area contributed by atoms with Gasteiger partial charge in [-0.15, -0.1) is 0 Å². The van der Waals surface area contributed by atoms with Crippen molar-refractivity contribution in [2.24, 2.45) is 0 Å². The van der Waals surface area contributed by atoms with Crippen molar-refractivity contribution in [3.63, 3.8) is 0 Å². The van der Waals surface area contributed by atoms with Gasteiger partial charge in [0.1, 0.15) is 44.4 Å². The molecule has 166 valence electrons. The van der Waals surface area contributed by atoms with Gasteiger partial charge in [0.25, 0.3) is 0 Å². The highest BCUT2D eigenvalue weighted by molar-refractivity contribution is 5.66. The van der Waals surface area contributed by atoms with E-state index in [0.717, 1.165) is 0 Å². The zero-order valence-corrected chi connectivity index (χ0v) is 16.7. The van der Waals surface area contributed by atoms with Gasteiger partial charge in [0, 0.05) is 27.7 Å². The molecule has 12 nitrogen and oxygen atoms in total. The molecule has 0 aromatic rings. The van der Waals surface area contributed by atoms with Crippen molar-refractivity contribution in [2.45, 2.75) is 52.1 Å². The van der Waals surface area contributed by atoms with Crippen LogP contribution in [0.15, 0.2) is 0 Å². The second kappa shape index (κ2) is 13.0. The van der Waals surface area contributed by atoms with Gasteiger partial charge in [0.15, 0.2) is 13.6 Å². The number of rotatable bonds is 10. The van der Waals surface area contributed by atoms with E-state index in [2.05, 4.69) is 0 Å². The molecule has 0 aromatic heterocycles. The topological polar surface area (TPSA) is 142 Å². The molecule has 1 rings (SSSR count). The van der Waals surface area contributed by atoms with Gasteiger partial charge in [-0.2, -0.15) is 0 Å². The van der Waals surface area contributed by atoms with Gasteiger partial charge < -0.3 is 37.9 Å². The van der Waals surface area contributed by atoms with Gasteiger partial charge in [-0.05, 0) is 0 Å². The fourth-order valence-corrected chi connectivity index (χ4v) is 2.31. The minimum atomic E-state index is -0.993. The van der Waals surface area contributed by atoms with Crippen LogP contribution in [0.3, 0.4) is 0 Å². The molecule has 0 radical (unpaired) electrons. The lowest BCUT2D eigenvalue weighted by molar-refractivity contribution is -0.210. The summed E-state index contributed by atoms with van der Waals surface area (Å²) in [5, 5.41) is 0. The van der Waals surface area contributed by atoms with Crippen LogP contribution in [-0.4, -0.2) is 81.9 Å². The Labute approximate surface area is 167 Å². The Hall–Kier alpha value is -2.28. The Morgan fingerprint density at radius 3 is 1.31 bits per heavy atom. The van der Waals surface area contributed by atoms with E-state index in [0.29, 0.717) is 0 Å². The SMILES string of the molecule is CC(=O)OCO[C@H]1[C@H](OCOC(C)=O)[C@@H](COC(C)=O)OCO[C@H]1COC(C)=O. The molecule has 0 bridgehead atoms. The highest BCUT2D eigenvalue weighted by Crippen LogP contribution is 2.23. The van der Waals surface area contributed by atoms with Gasteiger partial charge in [-0.25, -0.2) is 0 Å². The zero-order valence-electron chi connectivity index (χ0n) is 16.7. The fraction of sp³-hybridized carbons (Fsp3) is 0.765. The normalized spacial score (nSPS) is 24.1. The fourth-order valence-electron chi connectivity index (χ4n) is 2.31. The molecule has 29 heavy (non-hydrogen) atoms. The van der Waals surface area contributed by atoms with Crippen LogP contribution in [0.4, 0.5) is 0 Å². The number of hydrogen-bond donors (Lipinski definition) is 0. The largest absolute Gasteiger partial charge is 0.463 e. The molecule has 4 atom stereocenters. The van der Waals surface area contributed by atoms with E-state index < -0.39 is 61.9 Å². The summed E-state index contributed by atoms with van der Waals surface area (Å²) in [6.45, 7) is 3.27. The predicted molar refractivity (Wildman–Crippen MR) is 90.9 cm³/mol. The first-order chi connectivity index (χ1) is 13.7. The summed E-state index contributed by atoms with van der Waals surface area (Å²) in [6.07, 6.45) is -3.74. The van der Waals surface area contributed by atoms with Gasteiger partial charge in [-0.1, -0.05) is 0 Å². The lowest BCUT2D eigenvalue weighted by Gasteiger charge is -2.32. The molecule has 12 heteroatoms. The van der Waals surface area contributed by atoms with Crippen LogP contribution >= 0.6 is 0 Å². The van der Waals surface area contributed by atoms with Crippen molar-refractivity contribution in [1.82, 2.24) is 0 Å². The highest BCUT2D eigenvalue weighted by Gasteiger charge is 2.42. The maximum absolute atomic E-state index is 11.2. The van der Waals surface area contributed by atoms with Gasteiger partial charge >= 0.3 is 23.9 Å². The lowest BCUT2D eigenvalue weighted by atomic mass is 10.0. The number of carbonyl (C=O) groups is 4. The van der Waals surface area contributed by atoms with Crippen LogP contribution in [-0.2, 0) is 57.1 Å². The molecule has 0 unspecified atom stereocenters. The van der Waals surface area contributed by atoms with E-state index in [1.165, 1.54) is 27.7 Å². The summed E-state index contributed by atoms with van der Waals surface area (Å²) in [7, 11) is 0. The van der Waals surface area contributed by atoms with Crippen LogP contribution in [0.25, 0.3) is 0 Å². The molecule has 0 spiro atoms. The van der Waals surface area contributed by atoms with Gasteiger partial charge in [0.2, 0.25) is 0 Å². The number of carbonyl (C=O) groups excluding carboxylic acids is 4. The monoisotopic (exact) mass is 422 g/mol. The molecule has 0 saturated carbocycles.